The van der Waals surface area contributed by atoms with Crippen LogP contribution in [0.3, 0.4) is 0 Å². The lowest BCUT2D eigenvalue weighted by Gasteiger charge is -2.06. The number of hydrogen-bond acceptors (Lipinski definition) is 3. The van der Waals surface area contributed by atoms with Crippen molar-refractivity contribution >= 4 is 0 Å². The Morgan fingerprint density at radius 2 is 1.64 bits per heavy atom. The molecule has 0 unspecified atom stereocenters. The highest BCUT2D eigenvalue weighted by Crippen LogP contribution is 2.05. The van der Waals surface area contributed by atoms with E-state index in [-0.39, 0.29) is 12.7 Å². The van der Waals surface area contributed by atoms with Crippen LogP contribution in [0.25, 0.3) is 0 Å². The maximum absolute atomic E-state index is 8.91. The summed E-state index contributed by atoms with van der Waals surface area (Å²) in [5, 5.41) is 26.2. The number of rotatable bonds is 6. The van der Waals surface area contributed by atoms with E-state index in [1.54, 1.807) is 6.92 Å². The molecule has 2 atom stereocenters. The Balaban J connectivity index is 3.01. The molecule has 0 saturated heterocycles. The molecule has 3 heteroatoms. The summed E-state index contributed by atoms with van der Waals surface area (Å²) in [7, 11) is 0. The molecule has 0 aromatic carbocycles. The Morgan fingerprint density at radius 3 is 2.09 bits per heavy atom. The average Bonchev–Trinajstić information content (AvgIpc) is 1.97. The molecule has 0 aromatic heterocycles. The third-order valence-electron chi connectivity index (χ3n) is 1.62. The fourth-order valence-corrected chi connectivity index (χ4v) is 0.911. The highest BCUT2D eigenvalue weighted by molar-refractivity contribution is 4.54. The second-order valence-electron chi connectivity index (χ2n) is 2.97. The van der Waals surface area contributed by atoms with Crippen molar-refractivity contribution < 1.29 is 15.3 Å². The Hall–Kier alpha value is -0.120. The van der Waals surface area contributed by atoms with Gasteiger partial charge in [-0.25, -0.2) is 0 Å². The van der Waals surface area contributed by atoms with Crippen molar-refractivity contribution in [3.05, 3.63) is 0 Å². The van der Waals surface area contributed by atoms with Gasteiger partial charge in [0.05, 0.1) is 18.8 Å². The Morgan fingerprint density at radius 1 is 1.09 bits per heavy atom. The van der Waals surface area contributed by atoms with Gasteiger partial charge in [-0.05, 0) is 19.8 Å². The van der Waals surface area contributed by atoms with Crippen molar-refractivity contribution in [3.8, 4) is 0 Å². The lowest BCUT2D eigenvalue weighted by molar-refractivity contribution is 0.0846. The van der Waals surface area contributed by atoms with Gasteiger partial charge in [0.1, 0.15) is 0 Å². The highest BCUT2D eigenvalue weighted by Gasteiger charge is 2.01. The molecule has 3 N–H and O–H groups in total. The van der Waals surface area contributed by atoms with Crippen molar-refractivity contribution in [1.82, 2.24) is 0 Å². The minimum Gasteiger partial charge on any atom is -0.394 e. The van der Waals surface area contributed by atoms with Crippen LogP contribution in [0, 0.1) is 0 Å². The van der Waals surface area contributed by atoms with E-state index in [2.05, 4.69) is 0 Å². The van der Waals surface area contributed by atoms with Crippen LogP contribution < -0.4 is 0 Å². The number of unbranched alkanes of at least 4 members (excludes halogenated alkanes) is 1. The van der Waals surface area contributed by atoms with Crippen LogP contribution in [0.4, 0.5) is 0 Å². The van der Waals surface area contributed by atoms with Crippen molar-refractivity contribution in [2.45, 2.75) is 44.8 Å². The summed E-state index contributed by atoms with van der Waals surface area (Å²) in [5.74, 6) is 0. The molecule has 0 fully saturated rings. The maximum atomic E-state index is 8.91. The zero-order chi connectivity index (χ0) is 8.69. The van der Waals surface area contributed by atoms with Gasteiger partial charge in [-0.15, -0.1) is 0 Å². The SMILES string of the molecule is C[C@H](O)CCCC[C@H](O)CO. The summed E-state index contributed by atoms with van der Waals surface area (Å²) >= 11 is 0. The van der Waals surface area contributed by atoms with Crippen LogP contribution in [0.5, 0.6) is 0 Å². The molecule has 3 nitrogen and oxygen atoms in total. The zero-order valence-electron chi connectivity index (χ0n) is 7.03. The lowest BCUT2D eigenvalue weighted by Crippen LogP contribution is -2.11. The van der Waals surface area contributed by atoms with Crippen molar-refractivity contribution in [3.63, 3.8) is 0 Å². The molecule has 0 heterocycles. The largest absolute Gasteiger partial charge is 0.394 e. The van der Waals surface area contributed by atoms with Crippen LogP contribution >= 0.6 is 0 Å². The van der Waals surface area contributed by atoms with E-state index < -0.39 is 6.10 Å². The molecule has 0 aromatic rings. The first-order valence-corrected chi connectivity index (χ1v) is 4.13. The van der Waals surface area contributed by atoms with Crippen LogP contribution in [0.2, 0.25) is 0 Å². The van der Waals surface area contributed by atoms with Crippen molar-refractivity contribution in [1.29, 1.82) is 0 Å². The normalized spacial score (nSPS) is 16.4. The fraction of sp³-hybridized carbons (Fsp3) is 1.00. The molecule has 0 aliphatic heterocycles. The van der Waals surface area contributed by atoms with E-state index in [4.69, 9.17) is 15.3 Å². The van der Waals surface area contributed by atoms with Gasteiger partial charge in [0, 0.05) is 0 Å². The second-order valence-corrected chi connectivity index (χ2v) is 2.97. The van der Waals surface area contributed by atoms with Gasteiger partial charge in [-0.1, -0.05) is 12.8 Å². The monoisotopic (exact) mass is 162 g/mol. The van der Waals surface area contributed by atoms with Crippen LogP contribution in [0.1, 0.15) is 32.6 Å². The minimum absolute atomic E-state index is 0.158. The number of aliphatic hydroxyl groups is 3. The molecule has 0 rings (SSSR count). The van der Waals surface area contributed by atoms with Gasteiger partial charge >= 0.3 is 0 Å². The van der Waals surface area contributed by atoms with Crippen molar-refractivity contribution in [2.75, 3.05) is 6.61 Å². The first-order chi connectivity index (χ1) is 5.16. The summed E-state index contributed by atoms with van der Waals surface area (Å²) < 4.78 is 0. The van der Waals surface area contributed by atoms with Gasteiger partial charge < -0.3 is 15.3 Å². The third-order valence-corrected chi connectivity index (χ3v) is 1.62. The van der Waals surface area contributed by atoms with Gasteiger partial charge in [0.15, 0.2) is 0 Å². The predicted octanol–water partition coefficient (Wildman–Crippen LogP) is 0.281. The Labute approximate surface area is 67.7 Å². The van der Waals surface area contributed by atoms with Crippen molar-refractivity contribution in [2.24, 2.45) is 0 Å². The third kappa shape index (κ3) is 7.78. The van der Waals surface area contributed by atoms with E-state index in [1.807, 2.05) is 0 Å². The van der Waals surface area contributed by atoms with E-state index in [0.717, 1.165) is 19.3 Å². The Kier molecular flexibility index (Phi) is 6.51. The van der Waals surface area contributed by atoms with Crippen LogP contribution in [-0.4, -0.2) is 34.1 Å². The van der Waals surface area contributed by atoms with E-state index in [9.17, 15) is 0 Å². The average molecular weight is 162 g/mol. The summed E-state index contributed by atoms with van der Waals surface area (Å²) in [6, 6.07) is 0. The van der Waals surface area contributed by atoms with Gasteiger partial charge in [0.25, 0.3) is 0 Å². The minimum atomic E-state index is -0.580. The predicted molar refractivity (Wildman–Crippen MR) is 43.2 cm³/mol. The highest BCUT2D eigenvalue weighted by atomic mass is 16.3. The number of aliphatic hydroxyl groups excluding tert-OH is 3. The molecule has 0 aliphatic carbocycles. The van der Waals surface area contributed by atoms with E-state index >= 15 is 0 Å². The second kappa shape index (κ2) is 6.58. The molecule has 68 valence electrons. The van der Waals surface area contributed by atoms with Gasteiger partial charge in [0.2, 0.25) is 0 Å². The molecule has 0 amide bonds. The topological polar surface area (TPSA) is 60.7 Å². The molecule has 11 heavy (non-hydrogen) atoms. The molecule has 0 aliphatic rings. The van der Waals surface area contributed by atoms with Gasteiger partial charge in [-0.3, -0.25) is 0 Å². The first-order valence-electron chi connectivity index (χ1n) is 4.13. The summed E-state index contributed by atoms with van der Waals surface area (Å²) in [6.45, 7) is 1.59. The lowest BCUT2D eigenvalue weighted by atomic mass is 10.1. The summed E-state index contributed by atoms with van der Waals surface area (Å²) in [4.78, 5) is 0. The van der Waals surface area contributed by atoms with E-state index in [0.29, 0.717) is 6.42 Å². The van der Waals surface area contributed by atoms with Gasteiger partial charge in [-0.2, -0.15) is 0 Å². The molecular weight excluding hydrogens is 144 g/mol. The fourth-order valence-electron chi connectivity index (χ4n) is 0.911. The zero-order valence-corrected chi connectivity index (χ0v) is 7.03. The smallest absolute Gasteiger partial charge is 0.0770 e. The molecule has 0 bridgehead atoms. The molecule has 0 saturated carbocycles. The van der Waals surface area contributed by atoms with Crippen LogP contribution in [-0.2, 0) is 0 Å². The maximum Gasteiger partial charge on any atom is 0.0770 e. The van der Waals surface area contributed by atoms with E-state index in [1.165, 1.54) is 0 Å². The Bertz CT molecular complexity index is 83.4. The quantitative estimate of drug-likeness (QED) is 0.492. The molecule has 0 spiro atoms. The van der Waals surface area contributed by atoms with Crippen LogP contribution in [0.15, 0.2) is 0 Å². The number of hydrogen-bond donors (Lipinski definition) is 3. The molecule has 0 radical (unpaired) electrons. The first kappa shape index (κ1) is 10.9. The summed E-state index contributed by atoms with van der Waals surface area (Å²) in [5.41, 5.74) is 0. The summed E-state index contributed by atoms with van der Waals surface area (Å²) in [6.07, 6.45) is 2.35. The standard InChI is InChI=1S/C8H18O3/c1-7(10)4-2-3-5-8(11)6-9/h7-11H,2-6H2,1H3/t7-,8-/m0/s1. The molecular formula is C8H18O3.